The lowest BCUT2D eigenvalue weighted by atomic mass is 9.86. The number of rotatable bonds is 3. The fourth-order valence-electron chi connectivity index (χ4n) is 5.10. The molecule has 6 aromatic rings. The maximum Gasteiger partial charge on any atom is 0.344 e. The molecular weight excluding hydrogens is 494 g/mol. The Morgan fingerprint density at radius 2 is 1.15 bits per heavy atom. The topological polar surface area (TPSA) is 114 Å². The smallest absolute Gasteiger partial charge is 0.344 e. The van der Waals surface area contributed by atoms with E-state index >= 15 is 0 Å². The average molecular weight is 520 g/mol. The minimum atomic E-state index is -1.28. The lowest BCUT2D eigenvalue weighted by Crippen LogP contribution is -2.22. The van der Waals surface area contributed by atoms with Crippen molar-refractivity contribution in [2.75, 3.05) is 0 Å². The summed E-state index contributed by atoms with van der Waals surface area (Å²) in [5.74, 6) is -1.97. The van der Waals surface area contributed by atoms with Crippen LogP contribution in [0.3, 0.4) is 0 Å². The summed E-state index contributed by atoms with van der Waals surface area (Å²) >= 11 is 0. The average Bonchev–Trinajstić information content (AvgIpc) is 2.90. The monoisotopic (exact) mass is 519 g/mol. The van der Waals surface area contributed by atoms with E-state index < -0.39 is 17.2 Å². The van der Waals surface area contributed by atoms with Gasteiger partial charge >= 0.3 is 11.3 Å². The van der Waals surface area contributed by atoms with Gasteiger partial charge in [-0.25, -0.2) is 9.59 Å². The molecule has 2 N–H and O–H groups in total. The van der Waals surface area contributed by atoms with Crippen LogP contribution in [-0.2, 0) is 0 Å². The summed E-state index contributed by atoms with van der Waals surface area (Å²) in [5.41, 5.74) is 2.77. The molecule has 0 radical (unpaired) electrons. The lowest BCUT2D eigenvalue weighted by molar-refractivity contribution is 0.440. The number of para-hydroxylation sites is 1. The molecule has 0 fully saturated rings. The second-order valence-electron chi connectivity index (χ2n) is 10.0. The van der Waals surface area contributed by atoms with Crippen LogP contribution in [0.4, 0.5) is 0 Å². The highest BCUT2D eigenvalue weighted by Gasteiger charge is 2.33. The van der Waals surface area contributed by atoms with Crippen LogP contribution in [0.1, 0.15) is 45.0 Å². The molecule has 39 heavy (non-hydrogen) atoms. The van der Waals surface area contributed by atoms with Gasteiger partial charge in [0.15, 0.2) is 0 Å². The molecule has 0 aliphatic carbocycles. The van der Waals surface area contributed by atoms with Crippen LogP contribution in [0, 0.1) is 27.7 Å². The number of hydrogen-bond acceptors (Lipinski definition) is 7. The van der Waals surface area contributed by atoms with Gasteiger partial charge in [0.2, 0.25) is 0 Å². The minimum absolute atomic E-state index is 0.209. The molecule has 0 saturated carbocycles. The second kappa shape index (κ2) is 8.84. The quantitative estimate of drug-likeness (QED) is 0.265. The second-order valence-corrected chi connectivity index (χ2v) is 10.0. The third kappa shape index (κ3) is 3.85. The van der Waals surface area contributed by atoms with Crippen molar-refractivity contribution in [1.82, 2.24) is 4.98 Å². The standard InChI is InChI=1S/C32H25NO6/c1-15-11-20-24(13-17(15)3)38-31(36)27(29(20)34)26(23-10-9-19-7-5-6-8-22(19)33-23)28-30(35)21-12-16(2)18(4)14-25(21)39-32(28)37/h5-14,26,34-35H,1-4H3. The van der Waals surface area contributed by atoms with E-state index in [-0.39, 0.29) is 39.5 Å². The molecule has 7 nitrogen and oxygen atoms in total. The summed E-state index contributed by atoms with van der Waals surface area (Å²) in [7, 11) is 0. The summed E-state index contributed by atoms with van der Waals surface area (Å²) in [6, 6.07) is 17.7. The van der Waals surface area contributed by atoms with Crippen molar-refractivity contribution in [3.05, 3.63) is 121 Å². The van der Waals surface area contributed by atoms with Gasteiger partial charge in [-0.05, 0) is 86.3 Å². The molecule has 0 amide bonds. The van der Waals surface area contributed by atoms with Gasteiger partial charge in [0.1, 0.15) is 22.7 Å². The number of pyridine rings is 1. The van der Waals surface area contributed by atoms with Crippen molar-refractivity contribution in [1.29, 1.82) is 0 Å². The molecule has 0 saturated heterocycles. The Hall–Kier alpha value is -4.91. The normalized spacial score (nSPS) is 11.7. The van der Waals surface area contributed by atoms with Crippen molar-refractivity contribution in [2.45, 2.75) is 33.6 Å². The first kappa shape index (κ1) is 24.4. The predicted octanol–water partition coefficient (Wildman–Crippen LogP) is 6.27. The zero-order chi connectivity index (χ0) is 27.6. The van der Waals surface area contributed by atoms with Crippen molar-refractivity contribution in [2.24, 2.45) is 0 Å². The van der Waals surface area contributed by atoms with Gasteiger partial charge in [-0.1, -0.05) is 24.3 Å². The summed E-state index contributed by atoms with van der Waals surface area (Å²) in [4.78, 5) is 31.8. The van der Waals surface area contributed by atoms with Crippen LogP contribution in [0.2, 0.25) is 0 Å². The van der Waals surface area contributed by atoms with E-state index in [1.165, 1.54) is 0 Å². The fourth-order valence-corrected chi connectivity index (χ4v) is 5.10. The zero-order valence-electron chi connectivity index (χ0n) is 21.8. The number of aromatic hydroxyl groups is 2. The number of nitrogens with zero attached hydrogens (tertiary/aromatic N) is 1. The molecular formula is C32H25NO6. The maximum atomic E-state index is 13.5. The molecule has 0 aliphatic heterocycles. The highest BCUT2D eigenvalue weighted by molar-refractivity contribution is 5.88. The first-order valence-corrected chi connectivity index (χ1v) is 12.5. The van der Waals surface area contributed by atoms with Gasteiger partial charge < -0.3 is 19.0 Å². The molecule has 0 spiro atoms. The van der Waals surface area contributed by atoms with Crippen molar-refractivity contribution >= 4 is 32.8 Å². The lowest BCUT2D eigenvalue weighted by Gasteiger charge is -2.20. The molecule has 3 aromatic carbocycles. The Bertz CT molecular complexity index is 1980. The molecule has 0 unspecified atom stereocenters. The third-order valence-electron chi connectivity index (χ3n) is 7.55. The molecule has 0 bridgehead atoms. The number of fused-ring (bicyclic) bond motifs is 3. The van der Waals surface area contributed by atoms with Crippen molar-refractivity contribution in [3.8, 4) is 11.5 Å². The molecule has 194 valence electrons. The fraction of sp³-hybridized carbons (Fsp3) is 0.156. The van der Waals surface area contributed by atoms with Gasteiger partial charge in [-0.2, -0.15) is 0 Å². The predicted molar refractivity (Wildman–Crippen MR) is 150 cm³/mol. The van der Waals surface area contributed by atoms with Gasteiger partial charge in [0.25, 0.3) is 0 Å². The van der Waals surface area contributed by atoms with E-state index in [1.54, 1.807) is 36.4 Å². The van der Waals surface area contributed by atoms with E-state index in [1.807, 2.05) is 52.0 Å². The highest BCUT2D eigenvalue weighted by Crippen LogP contribution is 2.42. The SMILES string of the molecule is Cc1cc2oc(=O)c(C(c3ccc4ccccc4n3)c3c(O)c4cc(C)c(C)cc4oc3=O)c(O)c2cc1C. The highest BCUT2D eigenvalue weighted by atomic mass is 16.4. The Morgan fingerprint density at radius 1 is 0.667 bits per heavy atom. The van der Waals surface area contributed by atoms with Gasteiger partial charge in [0.05, 0.1) is 39.0 Å². The van der Waals surface area contributed by atoms with Gasteiger partial charge in [-0.15, -0.1) is 0 Å². The van der Waals surface area contributed by atoms with Crippen LogP contribution < -0.4 is 11.3 Å². The number of aryl methyl sites for hydroxylation is 4. The molecule has 6 rings (SSSR count). The van der Waals surface area contributed by atoms with E-state index in [4.69, 9.17) is 13.8 Å². The summed E-state index contributed by atoms with van der Waals surface area (Å²) in [6.45, 7) is 7.53. The molecule has 3 heterocycles. The Labute approximate surface area is 222 Å². The molecule has 0 atom stereocenters. The molecule has 0 aliphatic rings. The first-order chi connectivity index (χ1) is 18.6. The van der Waals surface area contributed by atoms with E-state index in [2.05, 4.69) is 0 Å². The largest absolute Gasteiger partial charge is 0.507 e. The van der Waals surface area contributed by atoms with Crippen LogP contribution in [0.5, 0.6) is 11.5 Å². The molecule has 3 aromatic heterocycles. The van der Waals surface area contributed by atoms with Crippen LogP contribution in [-0.4, -0.2) is 15.2 Å². The van der Waals surface area contributed by atoms with E-state index in [9.17, 15) is 19.8 Å². The molecule has 7 heteroatoms. The summed E-state index contributed by atoms with van der Waals surface area (Å²) in [5, 5.41) is 24.5. The first-order valence-electron chi connectivity index (χ1n) is 12.5. The summed E-state index contributed by atoms with van der Waals surface area (Å²) in [6.07, 6.45) is 0. The van der Waals surface area contributed by atoms with Gasteiger partial charge in [-0.3, -0.25) is 4.98 Å². The Balaban J connectivity index is 1.74. The summed E-state index contributed by atoms with van der Waals surface area (Å²) < 4.78 is 11.3. The third-order valence-corrected chi connectivity index (χ3v) is 7.55. The number of aromatic nitrogens is 1. The van der Waals surface area contributed by atoms with Crippen molar-refractivity contribution < 1.29 is 19.0 Å². The van der Waals surface area contributed by atoms with Gasteiger partial charge in [0, 0.05) is 5.39 Å². The van der Waals surface area contributed by atoms with Crippen LogP contribution >= 0.6 is 0 Å². The van der Waals surface area contributed by atoms with Crippen LogP contribution in [0.25, 0.3) is 32.8 Å². The maximum absolute atomic E-state index is 13.5. The van der Waals surface area contributed by atoms with E-state index in [0.717, 1.165) is 27.6 Å². The zero-order valence-corrected chi connectivity index (χ0v) is 21.8. The van der Waals surface area contributed by atoms with E-state index in [0.29, 0.717) is 16.3 Å². The number of benzene rings is 3. The Morgan fingerprint density at radius 3 is 1.69 bits per heavy atom. The Kier molecular flexibility index (Phi) is 5.54. The van der Waals surface area contributed by atoms with Crippen molar-refractivity contribution in [3.63, 3.8) is 0 Å². The van der Waals surface area contributed by atoms with Crippen LogP contribution in [0.15, 0.2) is 79.1 Å². The number of hydrogen-bond donors (Lipinski definition) is 2. The minimum Gasteiger partial charge on any atom is -0.507 e.